The fourth-order valence-corrected chi connectivity index (χ4v) is 4.75. The summed E-state index contributed by atoms with van der Waals surface area (Å²) < 4.78 is 0. The maximum absolute atomic E-state index is 3.48. The predicted octanol–water partition coefficient (Wildman–Crippen LogP) is 4.04. The van der Waals surface area contributed by atoms with Crippen molar-refractivity contribution in [3.63, 3.8) is 0 Å². The summed E-state index contributed by atoms with van der Waals surface area (Å²) >= 11 is 1.98. The molecule has 3 rings (SSSR count). The minimum absolute atomic E-state index is 0. The van der Waals surface area contributed by atoms with Crippen molar-refractivity contribution in [1.82, 2.24) is 10.2 Å². The molecule has 0 aromatic carbocycles. The Labute approximate surface area is 139 Å². The Balaban J connectivity index is 0.000001000. The summed E-state index contributed by atoms with van der Waals surface area (Å²) in [5, 5.41) is 5.75. The highest BCUT2D eigenvalue weighted by Gasteiger charge is 2.33. The largest absolute Gasteiger partial charge is 0.314 e. The third kappa shape index (κ3) is 3.89. The molecular weight excluding hydrogens is 311 g/mol. The van der Waals surface area contributed by atoms with Crippen molar-refractivity contribution in [3.8, 4) is 0 Å². The lowest BCUT2D eigenvalue weighted by Gasteiger charge is -2.38. The molecule has 2 nitrogen and oxygen atoms in total. The lowest BCUT2D eigenvalue weighted by molar-refractivity contribution is 0.127. The third-order valence-electron chi connectivity index (χ3n) is 4.56. The van der Waals surface area contributed by atoms with E-state index >= 15 is 0 Å². The minimum atomic E-state index is 0. The standard InChI is InChI=1S/C15H24N2S.2ClH/c1-12-6-11-18-15(12)14(13-4-2-3-5-13)17-9-7-16-8-10-17;;/h6,11,13-14,16H,2-5,7-10H2,1H3;2*1H/t14-;;/m0../s1. The summed E-state index contributed by atoms with van der Waals surface area (Å²) in [5.74, 6) is 0.903. The van der Waals surface area contributed by atoms with Crippen LogP contribution in [-0.4, -0.2) is 31.1 Å². The zero-order valence-corrected chi connectivity index (χ0v) is 14.6. The first-order chi connectivity index (χ1) is 8.86. The van der Waals surface area contributed by atoms with Gasteiger partial charge in [0.05, 0.1) is 0 Å². The van der Waals surface area contributed by atoms with E-state index in [2.05, 4.69) is 28.6 Å². The van der Waals surface area contributed by atoms with Gasteiger partial charge in [-0.05, 0) is 42.7 Å². The van der Waals surface area contributed by atoms with Crippen LogP contribution in [0.2, 0.25) is 0 Å². The van der Waals surface area contributed by atoms with Crippen molar-refractivity contribution in [2.45, 2.75) is 38.6 Å². The Morgan fingerprint density at radius 1 is 1.20 bits per heavy atom. The van der Waals surface area contributed by atoms with Crippen molar-refractivity contribution >= 4 is 36.2 Å². The Kier molecular flexibility index (Phi) is 7.84. The minimum Gasteiger partial charge on any atom is -0.314 e. The molecule has 1 saturated carbocycles. The van der Waals surface area contributed by atoms with Gasteiger partial charge in [-0.1, -0.05) is 12.8 Å². The maximum atomic E-state index is 3.48. The van der Waals surface area contributed by atoms with Gasteiger partial charge < -0.3 is 5.32 Å². The van der Waals surface area contributed by atoms with Crippen LogP contribution in [0.1, 0.15) is 42.2 Å². The van der Waals surface area contributed by atoms with Crippen LogP contribution in [0.15, 0.2) is 11.4 Å². The number of thiophene rings is 1. The van der Waals surface area contributed by atoms with Gasteiger partial charge in [-0.3, -0.25) is 4.90 Å². The first-order valence-corrected chi connectivity index (χ1v) is 8.23. The highest BCUT2D eigenvalue weighted by molar-refractivity contribution is 7.10. The third-order valence-corrected chi connectivity index (χ3v) is 5.65. The van der Waals surface area contributed by atoms with Gasteiger partial charge in [0.1, 0.15) is 0 Å². The van der Waals surface area contributed by atoms with Gasteiger partial charge in [0.2, 0.25) is 0 Å². The smallest absolute Gasteiger partial charge is 0.0473 e. The van der Waals surface area contributed by atoms with Crippen molar-refractivity contribution in [2.24, 2.45) is 5.92 Å². The molecule has 0 amide bonds. The number of aryl methyl sites for hydroxylation is 1. The predicted molar refractivity (Wildman–Crippen MR) is 92.7 cm³/mol. The van der Waals surface area contributed by atoms with Crippen LogP contribution in [0.3, 0.4) is 0 Å². The number of hydrogen-bond acceptors (Lipinski definition) is 3. The van der Waals surface area contributed by atoms with Crippen molar-refractivity contribution in [1.29, 1.82) is 0 Å². The summed E-state index contributed by atoms with van der Waals surface area (Å²) in [6.45, 7) is 7.05. The molecule has 1 aromatic rings. The van der Waals surface area contributed by atoms with Gasteiger partial charge in [-0.25, -0.2) is 0 Å². The van der Waals surface area contributed by atoms with Gasteiger partial charge >= 0.3 is 0 Å². The van der Waals surface area contributed by atoms with Gasteiger partial charge in [-0.15, -0.1) is 36.2 Å². The Morgan fingerprint density at radius 2 is 1.85 bits per heavy atom. The number of nitrogens with zero attached hydrogens (tertiary/aromatic N) is 1. The van der Waals surface area contributed by atoms with Gasteiger partial charge in [0, 0.05) is 37.1 Å². The molecule has 1 aromatic heterocycles. The first kappa shape index (κ1) is 18.2. The molecule has 2 heterocycles. The molecule has 0 bridgehead atoms. The Bertz CT molecular complexity index is 385. The molecule has 1 aliphatic heterocycles. The number of nitrogens with one attached hydrogen (secondary N) is 1. The second kappa shape index (κ2) is 8.60. The average molecular weight is 337 g/mol. The SMILES string of the molecule is Cc1ccsc1[C@H](C1CCCC1)N1CCNCC1.Cl.Cl. The lowest BCUT2D eigenvalue weighted by atomic mass is 9.93. The molecule has 2 aliphatic rings. The molecule has 5 heteroatoms. The quantitative estimate of drug-likeness (QED) is 0.896. The Hall–Kier alpha value is 0.200. The average Bonchev–Trinajstić information content (AvgIpc) is 3.05. The second-order valence-corrected chi connectivity index (χ2v) is 6.69. The fraction of sp³-hybridized carbons (Fsp3) is 0.733. The van der Waals surface area contributed by atoms with E-state index in [0.29, 0.717) is 6.04 Å². The number of piperazine rings is 1. The Morgan fingerprint density at radius 3 is 2.40 bits per heavy atom. The van der Waals surface area contributed by atoms with Crippen LogP contribution in [0.4, 0.5) is 0 Å². The normalized spacial score (nSPS) is 22.1. The van der Waals surface area contributed by atoms with E-state index in [9.17, 15) is 0 Å². The summed E-state index contributed by atoms with van der Waals surface area (Å²) in [6.07, 6.45) is 5.76. The number of hydrogen-bond donors (Lipinski definition) is 1. The number of rotatable bonds is 3. The molecule has 0 spiro atoms. The van der Waals surface area contributed by atoms with Gasteiger partial charge in [-0.2, -0.15) is 0 Å². The molecule has 2 fully saturated rings. The van der Waals surface area contributed by atoms with E-state index in [-0.39, 0.29) is 24.8 Å². The summed E-state index contributed by atoms with van der Waals surface area (Å²) in [5.41, 5.74) is 1.51. The molecule has 0 unspecified atom stereocenters. The first-order valence-electron chi connectivity index (χ1n) is 7.35. The van der Waals surface area contributed by atoms with Crippen LogP contribution in [0.25, 0.3) is 0 Å². The van der Waals surface area contributed by atoms with Crippen LogP contribution >= 0.6 is 36.2 Å². The summed E-state index contributed by atoms with van der Waals surface area (Å²) in [7, 11) is 0. The maximum Gasteiger partial charge on any atom is 0.0473 e. The van der Waals surface area contributed by atoms with Crippen molar-refractivity contribution in [2.75, 3.05) is 26.2 Å². The highest BCUT2D eigenvalue weighted by Crippen LogP contribution is 2.42. The van der Waals surface area contributed by atoms with Crippen LogP contribution < -0.4 is 5.32 Å². The molecule has 116 valence electrons. The lowest BCUT2D eigenvalue weighted by Crippen LogP contribution is -2.46. The van der Waals surface area contributed by atoms with Crippen LogP contribution in [0.5, 0.6) is 0 Å². The zero-order valence-electron chi connectivity index (χ0n) is 12.1. The van der Waals surface area contributed by atoms with E-state index in [1.165, 1.54) is 44.3 Å². The molecule has 0 radical (unpaired) electrons. The van der Waals surface area contributed by atoms with Crippen LogP contribution in [-0.2, 0) is 0 Å². The summed E-state index contributed by atoms with van der Waals surface area (Å²) in [6, 6.07) is 3.00. The summed E-state index contributed by atoms with van der Waals surface area (Å²) in [4.78, 5) is 4.38. The van der Waals surface area contributed by atoms with E-state index in [1.807, 2.05) is 11.3 Å². The molecule has 1 saturated heterocycles. The zero-order chi connectivity index (χ0) is 12.4. The number of halogens is 2. The molecule has 1 atom stereocenters. The van der Waals surface area contributed by atoms with Crippen molar-refractivity contribution < 1.29 is 0 Å². The van der Waals surface area contributed by atoms with Gasteiger partial charge in [0.15, 0.2) is 0 Å². The molecule has 1 aliphatic carbocycles. The van der Waals surface area contributed by atoms with E-state index < -0.39 is 0 Å². The van der Waals surface area contributed by atoms with E-state index in [1.54, 1.807) is 4.88 Å². The topological polar surface area (TPSA) is 15.3 Å². The van der Waals surface area contributed by atoms with Crippen molar-refractivity contribution in [3.05, 3.63) is 21.9 Å². The van der Waals surface area contributed by atoms with E-state index in [4.69, 9.17) is 0 Å². The van der Waals surface area contributed by atoms with E-state index in [0.717, 1.165) is 19.0 Å². The monoisotopic (exact) mass is 336 g/mol. The molecular formula is C15H26Cl2N2S. The molecule has 1 N–H and O–H groups in total. The van der Waals surface area contributed by atoms with Crippen LogP contribution in [0, 0.1) is 12.8 Å². The molecule has 20 heavy (non-hydrogen) atoms. The highest BCUT2D eigenvalue weighted by atomic mass is 35.5. The fourth-order valence-electron chi connectivity index (χ4n) is 3.60. The second-order valence-electron chi connectivity index (χ2n) is 5.74. The van der Waals surface area contributed by atoms with Gasteiger partial charge in [0.25, 0.3) is 0 Å².